The molecule has 5 heteroatoms. The monoisotopic (exact) mass is 307 g/mol. The molecule has 2 aliphatic carbocycles. The Labute approximate surface area is 125 Å². The Morgan fingerprint density at radius 2 is 1.95 bits per heavy atom. The molecule has 0 spiro atoms. The van der Waals surface area contributed by atoms with Crippen LogP contribution in [-0.4, -0.2) is 29.5 Å². The largest absolute Gasteiger partial charge is 0.378 e. The SMILES string of the molecule is CC1(C(=O)NCCCOC2CCCCC2)CC1(Cl)Cl. The number of carbonyl (C=O) groups excluding carboxylic acids is 1. The highest BCUT2D eigenvalue weighted by atomic mass is 35.5. The first-order chi connectivity index (χ1) is 8.96. The Morgan fingerprint density at radius 3 is 2.53 bits per heavy atom. The van der Waals surface area contributed by atoms with Crippen molar-refractivity contribution >= 4 is 29.1 Å². The summed E-state index contributed by atoms with van der Waals surface area (Å²) in [6, 6.07) is 0. The molecule has 0 aromatic heterocycles. The van der Waals surface area contributed by atoms with Gasteiger partial charge in [0, 0.05) is 13.2 Å². The van der Waals surface area contributed by atoms with Crippen LogP contribution in [-0.2, 0) is 9.53 Å². The van der Waals surface area contributed by atoms with Crippen molar-refractivity contribution in [1.29, 1.82) is 0 Å². The van der Waals surface area contributed by atoms with E-state index in [0.29, 0.717) is 25.7 Å². The van der Waals surface area contributed by atoms with Crippen LogP contribution in [0, 0.1) is 5.41 Å². The quantitative estimate of drug-likeness (QED) is 0.603. The normalized spacial score (nSPS) is 30.1. The van der Waals surface area contributed by atoms with Crippen LogP contribution in [0.3, 0.4) is 0 Å². The molecule has 0 bridgehead atoms. The van der Waals surface area contributed by atoms with E-state index in [2.05, 4.69) is 5.32 Å². The topological polar surface area (TPSA) is 38.3 Å². The Kier molecular flexibility index (Phi) is 5.02. The molecule has 1 amide bonds. The van der Waals surface area contributed by atoms with Gasteiger partial charge in [0.05, 0.1) is 11.5 Å². The minimum Gasteiger partial charge on any atom is -0.378 e. The predicted octanol–water partition coefficient (Wildman–Crippen LogP) is 3.43. The smallest absolute Gasteiger partial charge is 0.229 e. The maximum atomic E-state index is 11.9. The van der Waals surface area contributed by atoms with E-state index in [9.17, 15) is 4.79 Å². The molecule has 2 fully saturated rings. The van der Waals surface area contributed by atoms with Gasteiger partial charge in [0.15, 0.2) is 0 Å². The highest BCUT2D eigenvalue weighted by Gasteiger charge is 2.67. The molecule has 1 unspecified atom stereocenters. The van der Waals surface area contributed by atoms with Gasteiger partial charge in [0.25, 0.3) is 0 Å². The Balaban J connectivity index is 1.54. The van der Waals surface area contributed by atoms with Gasteiger partial charge in [0.2, 0.25) is 5.91 Å². The van der Waals surface area contributed by atoms with E-state index in [1.54, 1.807) is 6.92 Å². The average Bonchev–Trinajstić information content (AvgIpc) is 2.90. The van der Waals surface area contributed by atoms with Crippen molar-refractivity contribution in [3.8, 4) is 0 Å². The summed E-state index contributed by atoms with van der Waals surface area (Å²) in [4.78, 5) is 11.9. The van der Waals surface area contributed by atoms with Crippen molar-refractivity contribution in [2.24, 2.45) is 5.41 Å². The van der Waals surface area contributed by atoms with Gasteiger partial charge in [-0.25, -0.2) is 0 Å². The summed E-state index contributed by atoms with van der Waals surface area (Å²) in [5.74, 6) is -0.0461. The Bertz CT molecular complexity index is 329. The predicted molar refractivity (Wildman–Crippen MR) is 77.6 cm³/mol. The molecule has 3 nitrogen and oxygen atoms in total. The van der Waals surface area contributed by atoms with E-state index in [4.69, 9.17) is 27.9 Å². The van der Waals surface area contributed by atoms with Gasteiger partial charge in [-0.15, -0.1) is 23.2 Å². The van der Waals surface area contributed by atoms with Crippen LogP contribution in [0.1, 0.15) is 51.9 Å². The van der Waals surface area contributed by atoms with Crippen LogP contribution in [0.25, 0.3) is 0 Å². The van der Waals surface area contributed by atoms with E-state index < -0.39 is 9.75 Å². The minimum atomic E-state index is -0.879. The molecular formula is C14H23Cl2NO2. The lowest BCUT2D eigenvalue weighted by atomic mass is 9.98. The van der Waals surface area contributed by atoms with E-state index >= 15 is 0 Å². The molecule has 110 valence electrons. The van der Waals surface area contributed by atoms with Crippen molar-refractivity contribution in [3.63, 3.8) is 0 Å². The molecule has 0 radical (unpaired) electrons. The molecule has 2 saturated carbocycles. The van der Waals surface area contributed by atoms with Crippen molar-refractivity contribution in [2.75, 3.05) is 13.2 Å². The van der Waals surface area contributed by atoms with E-state index in [-0.39, 0.29) is 5.91 Å². The lowest BCUT2D eigenvalue weighted by Gasteiger charge is -2.22. The molecule has 2 aliphatic rings. The van der Waals surface area contributed by atoms with Gasteiger partial charge in [0.1, 0.15) is 4.33 Å². The maximum Gasteiger partial charge on any atom is 0.229 e. The number of ether oxygens (including phenoxy) is 1. The first-order valence-corrected chi connectivity index (χ1v) is 7.99. The lowest BCUT2D eigenvalue weighted by molar-refractivity contribution is -0.125. The average molecular weight is 308 g/mol. The number of halogens is 2. The zero-order valence-electron chi connectivity index (χ0n) is 11.5. The summed E-state index contributed by atoms with van der Waals surface area (Å²) in [6.07, 6.45) is 8.09. The van der Waals surface area contributed by atoms with E-state index in [0.717, 1.165) is 6.42 Å². The van der Waals surface area contributed by atoms with Crippen molar-refractivity contribution in [3.05, 3.63) is 0 Å². The van der Waals surface area contributed by atoms with Crippen molar-refractivity contribution < 1.29 is 9.53 Å². The third-order valence-electron chi connectivity index (χ3n) is 4.27. The van der Waals surface area contributed by atoms with Crippen molar-refractivity contribution in [1.82, 2.24) is 5.32 Å². The molecule has 19 heavy (non-hydrogen) atoms. The first kappa shape index (κ1) is 15.4. The zero-order valence-corrected chi connectivity index (χ0v) is 13.0. The highest BCUT2D eigenvalue weighted by Crippen LogP contribution is 2.63. The molecule has 0 heterocycles. The van der Waals surface area contributed by atoms with E-state index in [1.807, 2.05) is 0 Å². The molecule has 0 saturated heterocycles. The lowest BCUT2D eigenvalue weighted by Crippen LogP contribution is -2.34. The van der Waals surface area contributed by atoms with Crippen LogP contribution < -0.4 is 5.32 Å². The van der Waals surface area contributed by atoms with E-state index in [1.165, 1.54) is 32.1 Å². The number of carbonyl (C=O) groups is 1. The standard InChI is InChI=1S/C14H23Cl2NO2/c1-13(10-14(13,15)16)12(18)17-8-5-9-19-11-6-3-2-4-7-11/h11H,2-10H2,1H3,(H,17,18). The van der Waals surface area contributed by atoms with Gasteiger partial charge >= 0.3 is 0 Å². The molecule has 0 aromatic carbocycles. The summed E-state index contributed by atoms with van der Waals surface area (Å²) in [7, 11) is 0. The molecule has 1 N–H and O–H groups in total. The summed E-state index contributed by atoms with van der Waals surface area (Å²) in [5.41, 5.74) is -0.611. The summed E-state index contributed by atoms with van der Waals surface area (Å²) < 4.78 is 4.92. The van der Waals surface area contributed by atoms with Crippen LogP contribution in [0.15, 0.2) is 0 Å². The number of hydrogen-bond donors (Lipinski definition) is 1. The fraction of sp³-hybridized carbons (Fsp3) is 0.929. The van der Waals surface area contributed by atoms with Gasteiger partial charge in [-0.05, 0) is 32.6 Å². The zero-order chi connectivity index (χ0) is 13.9. The number of alkyl halides is 2. The third kappa shape index (κ3) is 3.77. The fourth-order valence-electron chi connectivity index (χ4n) is 2.60. The molecule has 1 atom stereocenters. The third-order valence-corrected chi connectivity index (χ3v) is 5.37. The number of nitrogens with one attached hydrogen (secondary N) is 1. The van der Waals surface area contributed by atoms with Gasteiger partial charge in [-0.2, -0.15) is 0 Å². The number of amides is 1. The second-order valence-corrected chi connectivity index (χ2v) is 7.44. The van der Waals surface area contributed by atoms with Gasteiger partial charge in [-0.3, -0.25) is 4.79 Å². The molecule has 0 aromatic rings. The minimum absolute atomic E-state index is 0.0461. The first-order valence-electron chi connectivity index (χ1n) is 7.23. The van der Waals surface area contributed by atoms with Crippen molar-refractivity contribution in [2.45, 2.75) is 62.3 Å². The number of hydrogen-bond acceptors (Lipinski definition) is 2. The van der Waals surface area contributed by atoms with Gasteiger partial charge < -0.3 is 10.1 Å². The van der Waals surface area contributed by atoms with Crippen LogP contribution >= 0.6 is 23.2 Å². The molecular weight excluding hydrogens is 285 g/mol. The summed E-state index contributed by atoms with van der Waals surface area (Å²) >= 11 is 11.9. The summed E-state index contributed by atoms with van der Waals surface area (Å²) in [5, 5.41) is 2.89. The number of rotatable bonds is 6. The maximum absolute atomic E-state index is 11.9. The Hall–Kier alpha value is 0.01000. The van der Waals surface area contributed by atoms with Crippen LogP contribution in [0.4, 0.5) is 0 Å². The molecule has 0 aliphatic heterocycles. The summed E-state index contributed by atoms with van der Waals surface area (Å²) in [6.45, 7) is 3.15. The second kappa shape index (κ2) is 6.19. The highest BCUT2D eigenvalue weighted by molar-refractivity contribution is 6.53. The fourth-order valence-corrected chi connectivity index (χ4v) is 3.30. The van der Waals surface area contributed by atoms with Gasteiger partial charge in [-0.1, -0.05) is 19.3 Å². The molecule has 2 rings (SSSR count). The Morgan fingerprint density at radius 1 is 1.32 bits per heavy atom. The second-order valence-electron chi connectivity index (χ2n) is 5.95. The van der Waals surface area contributed by atoms with Crippen LogP contribution in [0.2, 0.25) is 0 Å². The van der Waals surface area contributed by atoms with Crippen LogP contribution in [0.5, 0.6) is 0 Å².